The highest BCUT2D eigenvalue weighted by molar-refractivity contribution is 5.97. The summed E-state index contributed by atoms with van der Waals surface area (Å²) in [6.45, 7) is 9.36. The van der Waals surface area contributed by atoms with Gasteiger partial charge in [0.05, 0.1) is 45.6 Å². The summed E-state index contributed by atoms with van der Waals surface area (Å²) >= 11 is 0. The van der Waals surface area contributed by atoms with Gasteiger partial charge in [-0.1, -0.05) is 144 Å². The molecule has 8 aromatic carbocycles. The van der Waals surface area contributed by atoms with Crippen LogP contribution in [0, 0.1) is 17.8 Å². The maximum Gasteiger partial charge on any atom is 0.228 e. The molecule has 0 saturated heterocycles. The highest BCUT2D eigenvalue weighted by Gasteiger charge is 2.29. The summed E-state index contributed by atoms with van der Waals surface area (Å²) < 4.78 is 0. The van der Waals surface area contributed by atoms with Gasteiger partial charge in [0.15, 0.2) is 23.3 Å². The third-order valence-corrected chi connectivity index (χ3v) is 21.0. The van der Waals surface area contributed by atoms with E-state index in [9.17, 15) is 39.6 Å². The lowest BCUT2D eigenvalue weighted by Gasteiger charge is -2.22. The number of phenols is 4. The van der Waals surface area contributed by atoms with Gasteiger partial charge in [0.25, 0.3) is 0 Å². The molecule has 5 aliphatic rings. The number of amides is 4. The molecule has 8 N–H and O–H groups in total. The minimum Gasteiger partial charge on any atom is -0.508 e. The average molecular weight is 1490 g/mol. The van der Waals surface area contributed by atoms with E-state index >= 15 is 0 Å². The standard InChI is InChI=1S/C26H27N3O2.2C23H23N3O2.C20H17N3O2/c30-20-13-10-19(11-14-20)24-26(28-23(31)16-17-6-2-1-3-7-17)27-22-15-12-18-8-4-5-9-21(18)25(22)29-24;1-14(2)13-20(28)25-23-21(16-7-10-17(27)11-8-16)26-22-18-6-4-3-5-15(18)9-12-19(22)24-23;1-3-14(2)23(28)26-22-20(16-8-11-17(27)12-9-16)25-21-18-7-5-4-6-15(18)10-13-19(21)24-22;1-12(24)21-20-18(14-6-9-15(25)10-7-14)23-19-16-5-3-2-4-13(16)8-11-17(19)22-20/h4-5,8-11,13-14,17,30H,1-3,6-7,12,15-16H2,(H,27,28,31);3-8,10-11,14,27H,9,12-13H2,1-2H3,(H,24,25,28);4-9,11-12,14,27H,3,10,13H2,1-2H3,(H,24,26,28);2-7,9-10,25H,8,11H2,1H3,(H,21,22,24). The van der Waals surface area contributed by atoms with Crippen LogP contribution >= 0.6 is 0 Å². The molecule has 112 heavy (non-hydrogen) atoms. The van der Waals surface area contributed by atoms with Gasteiger partial charge in [-0.15, -0.1) is 0 Å². The van der Waals surface area contributed by atoms with Crippen molar-refractivity contribution in [3.05, 3.63) is 239 Å². The fourth-order valence-corrected chi connectivity index (χ4v) is 14.9. The minimum absolute atomic E-state index is 0.0115. The number of carbonyl (C=O) groups excluding carboxylic acids is 4. The summed E-state index contributed by atoms with van der Waals surface area (Å²) in [5.74, 6) is 2.99. The van der Waals surface area contributed by atoms with E-state index in [0.717, 1.165) is 161 Å². The van der Waals surface area contributed by atoms with Gasteiger partial charge in [0, 0.05) is 70.2 Å². The highest BCUT2D eigenvalue weighted by Crippen LogP contribution is 2.42. The second-order valence-electron chi connectivity index (χ2n) is 29.6. The maximum absolute atomic E-state index is 12.9. The Morgan fingerprint density at radius 2 is 0.652 bits per heavy atom. The van der Waals surface area contributed by atoms with E-state index in [0.29, 0.717) is 64.8 Å². The molecule has 1 unspecified atom stereocenters. The number of aromatic nitrogens is 8. The van der Waals surface area contributed by atoms with Crippen LogP contribution < -0.4 is 21.3 Å². The number of aromatic hydroxyl groups is 4. The fourth-order valence-electron chi connectivity index (χ4n) is 14.9. The van der Waals surface area contributed by atoms with Gasteiger partial charge >= 0.3 is 0 Å². The van der Waals surface area contributed by atoms with E-state index in [-0.39, 0.29) is 58.5 Å². The number of nitrogens with one attached hydrogen (secondary N) is 4. The fraction of sp³-hybridized carbons (Fsp3) is 0.261. The lowest BCUT2D eigenvalue weighted by Crippen LogP contribution is -2.22. The van der Waals surface area contributed by atoms with Crippen LogP contribution in [0.3, 0.4) is 0 Å². The molecule has 566 valence electrons. The molecule has 5 aliphatic carbocycles. The van der Waals surface area contributed by atoms with E-state index in [1.54, 1.807) is 84.9 Å². The molecule has 0 aliphatic heterocycles. The Morgan fingerprint density at radius 3 is 0.955 bits per heavy atom. The molecule has 4 amide bonds. The number of carbonyl (C=O) groups is 4. The number of anilines is 4. The topological polar surface area (TPSA) is 300 Å². The van der Waals surface area contributed by atoms with Crippen molar-refractivity contribution >= 4 is 46.9 Å². The third-order valence-electron chi connectivity index (χ3n) is 21.0. The molecule has 4 heterocycles. The minimum atomic E-state index is -0.189. The van der Waals surface area contributed by atoms with E-state index < -0.39 is 0 Å². The van der Waals surface area contributed by atoms with E-state index in [1.165, 1.54) is 48.4 Å². The highest BCUT2D eigenvalue weighted by atomic mass is 16.3. The maximum atomic E-state index is 12.9. The molecule has 1 atom stereocenters. The van der Waals surface area contributed by atoms with Crippen molar-refractivity contribution in [2.24, 2.45) is 17.8 Å². The summed E-state index contributed by atoms with van der Waals surface area (Å²) in [5.41, 5.74) is 22.2. The first kappa shape index (κ1) is 76.0. The van der Waals surface area contributed by atoms with Gasteiger partial charge in [-0.3, -0.25) is 19.2 Å². The Bertz CT molecular complexity index is 5470. The summed E-state index contributed by atoms with van der Waals surface area (Å²) in [7, 11) is 0. The molecule has 0 bridgehead atoms. The van der Waals surface area contributed by atoms with E-state index in [1.807, 2.05) is 82.3 Å². The predicted octanol–water partition coefficient (Wildman–Crippen LogP) is 18.3. The van der Waals surface area contributed by atoms with Crippen LogP contribution in [0.25, 0.3) is 90.1 Å². The van der Waals surface area contributed by atoms with Crippen LogP contribution in [0.1, 0.15) is 131 Å². The van der Waals surface area contributed by atoms with Crippen LogP contribution in [0.15, 0.2) is 194 Å². The number of hydrogen-bond acceptors (Lipinski definition) is 16. The zero-order valence-corrected chi connectivity index (χ0v) is 63.5. The van der Waals surface area contributed by atoms with Gasteiger partial charge in [0.2, 0.25) is 23.6 Å². The Hall–Kier alpha value is -12.8. The zero-order valence-electron chi connectivity index (χ0n) is 63.5. The summed E-state index contributed by atoms with van der Waals surface area (Å²) in [6, 6.07) is 60.3. The van der Waals surface area contributed by atoms with Crippen LogP contribution in [0.2, 0.25) is 0 Å². The van der Waals surface area contributed by atoms with Gasteiger partial charge < -0.3 is 41.7 Å². The quantitative estimate of drug-likeness (QED) is 0.0502. The summed E-state index contributed by atoms with van der Waals surface area (Å²) in [6.07, 6.45) is 14.5. The van der Waals surface area contributed by atoms with E-state index in [2.05, 4.69) is 75.9 Å². The van der Waals surface area contributed by atoms with Gasteiger partial charge in [-0.25, -0.2) is 39.9 Å². The van der Waals surface area contributed by atoms with Crippen LogP contribution in [-0.4, -0.2) is 83.9 Å². The second-order valence-corrected chi connectivity index (χ2v) is 29.6. The number of hydrogen-bond donors (Lipinski definition) is 8. The second kappa shape index (κ2) is 34.4. The first-order chi connectivity index (χ1) is 54.4. The smallest absolute Gasteiger partial charge is 0.228 e. The van der Waals surface area contributed by atoms with Crippen molar-refractivity contribution in [1.29, 1.82) is 0 Å². The number of nitrogens with zero attached hydrogens (tertiary/aromatic N) is 8. The molecule has 1 fully saturated rings. The van der Waals surface area contributed by atoms with Crippen molar-refractivity contribution in [3.63, 3.8) is 0 Å². The summed E-state index contributed by atoms with van der Waals surface area (Å²) in [4.78, 5) is 88.3. The first-order valence-electron chi connectivity index (χ1n) is 38.7. The normalized spacial score (nSPS) is 13.5. The van der Waals surface area contributed by atoms with Crippen LogP contribution in [0.5, 0.6) is 23.0 Å². The third kappa shape index (κ3) is 17.7. The number of rotatable bonds is 14. The molecule has 20 nitrogen and oxygen atoms in total. The molecule has 0 spiro atoms. The van der Waals surface area contributed by atoms with Crippen molar-refractivity contribution in [3.8, 4) is 113 Å². The average Bonchev–Trinajstić information content (AvgIpc) is 0.786. The first-order valence-corrected chi connectivity index (χ1v) is 38.7. The molecule has 12 aromatic rings. The Labute approximate surface area is 651 Å². The molecule has 17 rings (SSSR count). The molecule has 0 radical (unpaired) electrons. The lowest BCUT2D eigenvalue weighted by molar-refractivity contribution is -0.119. The molecule has 4 aromatic heterocycles. The van der Waals surface area contributed by atoms with E-state index in [4.69, 9.17) is 39.9 Å². The number of aryl methyl sites for hydroxylation is 8. The Balaban J connectivity index is 0.000000124. The Morgan fingerprint density at radius 1 is 0.357 bits per heavy atom. The van der Waals surface area contributed by atoms with Crippen LogP contribution in [0.4, 0.5) is 23.3 Å². The number of phenolic OH excluding ortho intramolecular Hbond substituents is 4. The van der Waals surface area contributed by atoms with Crippen molar-refractivity contribution in [2.45, 2.75) is 137 Å². The predicted molar refractivity (Wildman–Crippen MR) is 438 cm³/mol. The molecule has 20 heteroatoms. The summed E-state index contributed by atoms with van der Waals surface area (Å²) in [5, 5.41) is 50.3. The molecule has 1 saturated carbocycles. The number of fused-ring (bicyclic) bond motifs is 12. The molecular weight excluding hydrogens is 1400 g/mol. The number of benzene rings is 8. The van der Waals surface area contributed by atoms with Crippen LogP contribution in [-0.2, 0) is 70.5 Å². The van der Waals surface area contributed by atoms with Gasteiger partial charge in [-0.2, -0.15) is 0 Å². The largest absolute Gasteiger partial charge is 0.508 e. The molecular formula is C92H90N12O8. The van der Waals surface area contributed by atoms with Gasteiger partial charge in [0.1, 0.15) is 45.8 Å². The SMILES string of the molecule is CC(=O)Nc1nc2c(nc1-c1ccc(O)cc1)-c1ccccc1CC2.CC(C)CC(=O)Nc1nc2c(nc1-c1ccc(O)cc1)-c1ccccc1CC2.CCC(C)C(=O)Nc1nc2c(nc1-c1ccc(O)cc1)-c1ccccc1CC2.O=C(CC1CCCCC1)Nc1nc2c(nc1-c1ccc(O)cc1)-c1ccccc1CC2. The van der Waals surface area contributed by atoms with Crippen molar-refractivity contribution in [2.75, 3.05) is 21.3 Å². The van der Waals surface area contributed by atoms with Crippen molar-refractivity contribution < 1.29 is 39.6 Å². The van der Waals surface area contributed by atoms with Gasteiger partial charge in [-0.05, 0) is 202 Å². The van der Waals surface area contributed by atoms with Crippen molar-refractivity contribution in [1.82, 2.24) is 39.9 Å². The lowest BCUT2D eigenvalue weighted by atomic mass is 9.87. The zero-order chi connectivity index (χ0) is 77.9. The monoisotopic (exact) mass is 1490 g/mol. The Kier molecular flexibility index (Phi) is 23.3.